The molecule has 10 nitrogen and oxygen atoms in total. The van der Waals surface area contributed by atoms with E-state index in [1.807, 2.05) is 0 Å². The van der Waals surface area contributed by atoms with Crippen LogP contribution in [0.25, 0.3) is 0 Å². The standard InChI is InChI=1S/C22H23FN6O4/c23-15-4-1-3-14(11-15)21(32)29-10-9-28(22(33)17-12-24-7-8-25-17)13-18(29)20(31)27-16-5-2-6-26-19(16)30/h1,3-4,7-8,11-12,16,18H,2,5-6,9-10,13H2,(H,26,30)(H,27,31). The molecule has 2 atom stereocenters. The molecule has 3 heterocycles. The quantitative estimate of drug-likeness (QED) is 0.669. The third-order valence-corrected chi connectivity index (χ3v) is 5.69. The summed E-state index contributed by atoms with van der Waals surface area (Å²) in [5.74, 6) is -2.37. The number of carbonyl (C=O) groups excluding carboxylic acids is 4. The summed E-state index contributed by atoms with van der Waals surface area (Å²) in [6.07, 6.45) is 5.35. The molecule has 2 aromatic rings. The molecule has 2 unspecified atom stereocenters. The summed E-state index contributed by atoms with van der Waals surface area (Å²) >= 11 is 0. The van der Waals surface area contributed by atoms with E-state index in [1.165, 1.54) is 46.6 Å². The predicted molar refractivity (Wildman–Crippen MR) is 113 cm³/mol. The van der Waals surface area contributed by atoms with E-state index < -0.39 is 35.6 Å². The number of nitrogens with one attached hydrogen (secondary N) is 2. The van der Waals surface area contributed by atoms with E-state index in [0.29, 0.717) is 19.4 Å². The highest BCUT2D eigenvalue weighted by Gasteiger charge is 2.39. The lowest BCUT2D eigenvalue weighted by Crippen LogP contribution is -2.63. The highest BCUT2D eigenvalue weighted by atomic mass is 19.1. The number of piperidine rings is 1. The number of hydrogen-bond acceptors (Lipinski definition) is 6. The molecule has 11 heteroatoms. The Hall–Kier alpha value is -3.89. The van der Waals surface area contributed by atoms with Crippen molar-refractivity contribution in [2.45, 2.75) is 24.9 Å². The van der Waals surface area contributed by atoms with Crippen LogP contribution in [0.15, 0.2) is 42.9 Å². The van der Waals surface area contributed by atoms with Crippen LogP contribution < -0.4 is 10.6 Å². The molecule has 4 amide bonds. The Labute approximate surface area is 189 Å². The molecule has 33 heavy (non-hydrogen) atoms. The van der Waals surface area contributed by atoms with Gasteiger partial charge in [-0.2, -0.15) is 0 Å². The van der Waals surface area contributed by atoms with Gasteiger partial charge in [0.25, 0.3) is 11.8 Å². The first kappa shape index (κ1) is 22.3. The zero-order chi connectivity index (χ0) is 23.4. The van der Waals surface area contributed by atoms with Crippen LogP contribution in [0.5, 0.6) is 0 Å². The number of benzene rings is 1. The van der Waals surface area contributed by atoms with Gasteiger partial charge in [0, 0.05) is 37.6 Å². The van der Waals surface area contributed by atoms with Crippen LogP contribution in [0.3, 0.4) is 0 Å². The van der Waals surface area contributed by atoms with Crippen LogP contribution in [-0.2, 0) is 9.59 Å². The molecule has 0 aliphatic carbocycles. The van der Waals surface area contributed by atoms with Gasteiger partial charge in [-0.1, -0.05) is 6.07 Å². The van der Waals surface area contributed by atoms with E-state index in [4.69, 9.17) is 0 Å². The van der Waals surface area contributed by atoms with Crippen LogP contribution >= 0.6 is 0 Å². The molecular formula is C22H23FN6O4. The van der Waals surface area contributed by atoms with E-state index in [0.717, 1.165) is 6.07 Å². The summed E-state index contributed by atoms with van der Waals surface area (Å²) in [6, 6.07) is 3.42. The first-order valence-electron chi connectivity index (χ1n) is 10.6. The number of hydrogen-bond donors (Lipinski definition) is 2. The lowest BCUT2D eigenvalue weighted by molar-refractivity contribution is -0.133. The minimum Gasteiger partial charge on any atom is -0.354 e. The van der Waals surface area contributed by atoms with E-state index in [9.17, 15) is 23.6 Å². The molecule has 2 aliphatic rings. The molecule has 0 saturated carbocycles. The fourth-order valence-electron chi connectivity index (χ4n) is 3.97. The van der Waals surface area contributed by atoms with E-state index in [-0.39, 0.29) is 36.8 Å². The highest BCUT2D eigenvalue weighted by molar-refractivity contribution is 5.99. The Kier molecular flexibility index (Phi) is 6.57. The molecular weight excluding hydrogens is 431 g/mol. The van der Waals surface area contributed by atoms with Crippen LogP contribution in [0.4, 0.5) is 4.39 Å². The second-order valence-corrected chi connectivity index (χ2v) is 7.86. The molecule has 2 N–H and O–H groups in total. The van der Waals surface area contributed by atoms with Gasteiger partial charge in [-0.15, -0.1) is 0 Å². The SMILES string of the molecule is O=C1NCCCC1NC(=O)C1CN(C(=O)c2cnccn2)CCN1C(=O)c1cccc(F)c1. The average molecular weight is 454 g/mol. The second-order valence-electron chi connectivity index (χ2n) is 7.86. The fraction of sp³-hybridized carbons (Fsp3) is 0.364. The van der Waals surface area contributed by atoms with Crippen molar-refractivity contribution in [3.63, 3.8) is 0 Å². The molecule has 4 rings (SSSR count). The molecule has 1 aromatic heterocycles. The molecule has 2 saturated heterocycles. The first-order valence-corrected chi connectivity index (χ1v) is 10.6. The zero-order valence-corrected chi connectivity index (χ0v) is 17.7. The van der Waals surface area contributed by atoms with Crippen LogP contribution in [0.2, 0.25) is 0 Å². The normalized spacial score (nSPS) is 20.7. The Morgan fingerprint density at radius 3 is 2.73 bits per heavy atom. The van der Waals surface area contributed by atoms with Crippen molar-refractivity contribution in [2.75, 3.05) is 26.2 Å². The summed E-state index contributed by atoms with van der Waals surface area (Å²) in [7, 11) is 0. The molecule has 0 bridgehead atoms. The zero-order valence-electron chi connectivity index (χ0n) is 17.7. The third-order valence-electron chi connectivity index (χ3n) is 5.69. The van der Waals surface area contributed by atoms with Crippen LogP contribution in [0, 0.1) is 5.82 Å². The molecule has 2 fully saturated rings. The van der Waals surface area contributed by atoms with Crippen molar-refractivity contribution in [1.29, 1.82) is 0 Å². The number of piperazine rings is 1. The largest absolute Gasteiger partial charge is 0.354 e. The van der Waals surface area contributed by atoms with Crippen molar-refractivity contribution in [3.05, 3.63) is 59.9 Å². The smallest absolute Gasteiger partial charge is 0.274 e. The van der Waals surface area contributed by atoms with Crippen molar-refractivity contribution in [1.82, 2.24) is 30.4 Å². The third kappa shape index (κ3) is 4.97. The number of halogens is 1. The fourth-order valence-corrected chi connectivity index (χ4v) is 3.97. The minimum absolute atomic E-state index is 0.0519. The molecule has 0 radical (unpaired) electrons. The number of nitrogens with zero attached hydrogens (tertiary/aromatic N) is 4. The Balaban J connectivity index is 1.57. The Bertz CT molecular complexity index is 1070. The van der Waals surface area contributed by atoms with Gasteiger partial charge in [-0.25, -0.2) is 9.37 Å². The minimum atomic E-state index is -1.06. The molecule has 2 aliphatic heterocycles. The van der Waals surface area contributed by atoms with Crippen molar-refractivity contribution in [2.24, 2.45) is 0 Å². The van der Waals surface area contributed by atoms with Gasteiger partial charge in [-0.05, 0) is 31.0 Å². The van der Waals surface area contributed by atoms with Crippen molar-refractivity contribution < 1.29 is 23.6 Å². The number of amides is 4. The number of aromatic nitrogens is 2. The number of rotatable bonds is 4. The Morgan fingerprint density at radius 1 is 1.15 bits per heavy atom. The number of carbonyl (C=O) groups is 4. The van der Waals surface area contributed by atoms with Gasteiger partial charge in [0.1, 0.15) is 23.6 Å². The van der Waals surface area contributed by atoms with Crippen molar-refractivity contribution >= 4 is 23.6 Å². The monoisotopic (exact) mass is 454 g/mol. The second kappa shape index (κ2) is 9.72. The first-order chi connectivity index (χ1) is 15.9. The van der Waals surface area contributed by atoms with Gasteiger partial charge in [0.2, 0.25) is 11.8 Å². The van der Waals surface area contributed by atoms with Crippen LogP contribution in [0.1, 0.15) is 33.7 Å². The van der Waals surface area contributed by atoms with Gasteiger partial charge < -0.3 is 20.4 Å². The molecule has 1 aromatic carbocycles. The lowest BCUT2D eigenvalue weighted by atomic mass is 10.0. The maximum absolute atomic E-state index is 13.7. The summed E-state index contributed by atoms with van der Waals surface area (Å²) in [6.45, 7) is 0.649. The van der Waals surface area contributed by atoms with Gasteiger partial charge in [0.05, 0.1) is 12.7 Å². The maximum atomic E-state index is 13.7. The van der Waals surface area contributed by atoms with Gasteiger partial charge in [0.15, 0.2) is 0 Å². The summed E-state index contributed by atoms with van der Waals surface area (Å²) in [4.78, 5) is 62.0. The summed E-state index contributed by atoms with van der Waals surface area (Å²) in [5.41, 5.74) is 0.213. The topological polar surface area (TPSA) is 125 Å². The summed E-state index contributed by atoms with van der Waals surface area (Å²) < 4.78 is 13.7. The van der Waals surface area contributed by atoms with Crippen molar-refractivity contribution in [3.8, 4) is 0 Å². The predicted octanol–water partition coefficient (Wildman–Crippen LogP) is -0.0227. The summed E-state index contributed by atoms with van der Waals surface area (Å²) in [5, 5.41) is 5.40. The molecule has 172 valence electrons. The van der Waals surface area contributed by atoms with Gasteiger partial charge >= 0.3 is 0 Å². The lowest BCUT2D eigenvalue weighted by Gasteiger charge is -2.41. The van der Waals surface area contributed by atoms with Gasteiger partial charge in [-0.3, -0.25) is 24.2 Å². The highest BCUT2D eigenvalue weighted by Crippen LogP contribution is 2.18. The van der Waals surface area contributed by atoms with E-state index in [1.54, 1.807) is 0 Å². The van der Waals surface area contributed by atoms with Crippen LogP contribution in [-0.4, -0.2) is 81.7 Å². The van der Waals surface area contributed by atoms with E-state index >= 15 is 0 Å². The average Bonchev–Trinajstić information content (AvgIpc) is 2.84. The maximum Gasteiger partial charge on any atom is 0.274 e. The van der Waals surface area contributed by atoms with E-state index in [2.05, 4.69) is 20.6 Å². The Morgan fingerprint density at radius 2 is 2.00 bits per heavy atom. The molecule has 0 spiro atoms.